The first-order chi connectivity index (χ1) is 14.0. The number of halogens is 4. The molecule has 0 spiro atoms. The van der Waals surface area contributed by atoms with Crippen LogP contribution in [0.2, 0.25) is 0 Å². The van der Waals surface area contributed by atoms with Crippen LogP contribution in [0.15, 0.2) is 61.2 Å². The fourth-order valence-corrected chi connectivity index (χ4v) is 2.84. The summed E-state index contributed by atoms with van der Waals surface area (Å²) in [6.07, 6.45) is 1.01. The minimum atomic E-state index is -4.53. The van der Waals surface area contributed by atoms with Gasteiger partial charge in [0.1, 0.15) is 18.0 Å². The maximum absolute atomic E-state index is 13.3. The fraction of sp³-hybridized carbons (Fsp3) is 0.100. The number of hydrogen-bond acceptors (Lipinski definition) is 5. The molecule has 0 aromatic carbocycles. The standard InChI is InChI=1S/C20H13F4N5/c21-9-12-3-4-17(27-10-12)29-15-5-7-25-16-8-13(11-28-19(15)16)18-14(20(22,23)24)2-1-6-26-18/h1-8,10-11H,9H2,(H,25,27,29). The molecular formula is C20H13F4N5. The quantitative estimate of drug-likeness (QED) is 0.471. The predicted molar refractivity (Wildman–Crippen MR) is 100 cm³/mol. The maximum atomic E-state index is 13.3. The summed E-state index contributed by atoms with van der Waals surface area (Å²) in [5, 5.41) is 3.06. The molecule has 0 amide bonds. The molecule has 4 rings (SSSR count). The van der Waals surface area contributed by atoms with Gasteiger partial charge in [0.2, 0.25) is 0 Å². The van der Waals surface area contributed by atoms with Gasteiger partial charge < -0.3 is 5.32 Å². The zero-order valence-electron chi connectivity index (χ0n) is 14.8. The van der Waals surface area contributed by atoms with Gasteiger partial charge in [-0.05, 0) is 30.3 Å². The monoisotopic (exact) mass is 399 g/mol. The molecule has 0 atom stereocenters. The third kappa shape index (κ3) is 3.84. The Balaban J connectivity index is 1.73. The Labute approximate surface area is 162 Å². The zero-order valence-corrected chi connectivity index (χ0v) is 14.8. The number of alkyl halides is 4. The minimum absolute atomic E-state index is 0.209. The number of nitrogens with zero attached hydrogens (tertiary/aromatic N) is 4. The Morgan fingerprint density at radius 3 is 2.48 bits per heavy atom. The van der Waals surface area contributed by atoms with Crippen molar-refractivity contribution in [3.63, 3.8) is 0 Å². The van der Waals surface area contributed by atoms with E-state index in [1.54, 1.807) is 18.2 Å². The van der Waals surface area contributed by atoms with Crippen LogP contribution in [0.5, 0.6) is 0 Å². The smallest absolute Gasteiger partial charge is 0.338 e. The Kier molecular flexibility index (Phi) is 4.79. The first-order valence-corrected chi connectivity index (χ1v) is 8.51. The largest absolute Gasteiger partial charge is 0.418 e. The summed E-state index contributed by atoms with van der Waals surface area (Å²) in [7, 11) is 0. The van der Waals surface area contributed by atoms with E-state index >= 15 is 0 Å². The second kappa shape index (κ2) is 7.42. The van der Waals surface area contributed by atoms with Crippen LogP contribution in [0.1, 0.15) is 11.1 Å². The van der Waals surface area contributed by atoms with Crippen molar-refractivity contribution in [2.75, 3.05) is 5.32 Å². The number of rotatable bonds is 4. The van der Waals surface area contributed by atoms with Crippen molar-refractivity contribution in [2.24, 2.45) is 0 Å². The van der Waals surface area contributed by atoms with Crippen molar-refractivity contribution in [2.45, 2.75) is 12.9 Å². The molecule has 0 saturated heterocycles. The molecule has 4 aromatic rings. The van der Waals surface area contributed by atoms with Crippen LogP contribution in [0.25, 0.3) is 22.3 Å². The van der Waals surface area contributed by atoms with Crippen molar-refractivity contribution in [1.82, 2.24) is 19.9 Å². The van der Waals surface area contributed by atoms with Gasteiger partial charge >= 0.3 is 6.18 Å². The van der Waals surface area contributed by atoms with E-state index in [1.807, 2.05) is 0 Å². The van der Waals surface area contributed by atoms with E-state index in [-0.39, 0.29) is 11.3 Å². The van der Waals surface area contributed by atoms with E-state index in [9.17, 15) is 17.6 Å². The van der Waals surface area contributed by atoms with Crippen LogP contribution in [0, 0.1) is 0 Å². The van der Waals surface area contributed by atoms with Crippen LogP contribution < -0.4 is 5.32 Å². The highest BCUT2D eigenvalue weighted by Crippen LogP contribution is 2.36. The average Bonchev–Trinajstić information content (AvgIpc) is 2.73. The second-order valence-electron chi connectivity index (χ2n) is 6.16. The van der Waals surface area contributed by atoms with E-state index in [2.05, 4.69) is 25.3 Å². The SMILES string of the molecule is FCc1ccc(Nc2ccnc3cc(-c4ncccc4C(F)(F)F)cnc23)nc1. The lowest BCUT2D eigenvalue weighted by atomic mass is 10.1. The Bertz CT molecular complexity index is 1160. The van der Waals surface area contributed by atoms with Crippen LogP contribution in [0.3, 0.4) is 0 Å². The van der Waals surface area contributed by atoms with Gasteiger partial charge in [-0.25, -0.2) is 9.37 Å². The Hall–Kier alpha value is -3.62. The first kappa shape index (κ1) is 18.7. The van der Waals surface area contributed by atoms with Gasteiger partial charge in [0.25, 0.3) is 0 Å². The van der Waals surface area contributed by atoms with Gasteiger partial charge in [-0.1, -0.05) is 6.07 Å². The molecular weight excluding hydrogens is 386 g/mol. The summed E-state index contributed by atoms with van der Waals surface area (Å²) in [5.74, 6) is 0.477. The van der Waals surface area contributed by atoms with E-state index in [4.69, 9.17) is 0 Å². The van der Waals surface area contributed by atoms with Gasteiger partial charge in [-0.15, -0.1) is 0 Å². The third-order valence-corrected chi connectivity index (χ3v) is 4.21. The normalized spacial score (nSPS) is 11.6. The van der Waals surface area contributed by atoms with Crippen LogP contribution in [-0.4, -0.2) is 19.9 Å². The van der Waals surface area contributed by atoms with Crippen molar-refractivity contribution in [3.8, 4) is 11.3 Å². The van der Waals surface area contributed by atoms with E-state index in [0.717, 1.165) is 6.07 Å². The lowest BCUT2D eigenvalue weighted by molar-refractivity contribution is -0.137. The van der Waals surface area contributed by atoms with Gasteiger partial charge in [0.05, 0.1) is 22.5 Å². The highest BCUT2D eigenvalue weighted by molar-refractivity contribution is 5.91. The summed E-state index contributed by atoms with van der Waals surface area (Å²) in [4.78, 5) is 16.5. The van der Waals surface area contributed by atoms with E-state index in [0.29, 0.717) is 28.1 Å². The topological polar surface area (TPSA) is 63.6 Å². The molecule has 1 N–H and O–H groups in total. The summed E-state index contributed by atoms with van der Waals surface area (Å²) < 4.78 is 52.5. The number of anilines is 2. The minimum Gasteiger partial charge on any atom is -0.338 e. The van der Waals surface area contributed by atoms with Crippen molar-refractivity contribution >= 4 is 22.5 Å². The lowest BCUT2D eigenvalue weighted by Crippen LogP contribution is -2.08. The molecule has 0 aliphatic heterocycles. The number of aromatic nitrogens is 4. The molecule has 5 nitrogen and oxygen atoms in total. The molecule has 0 saturated carbocycles. The Morgan fingerprint density at radius 2 is 1.76 bits per heavy atom. The van der Waals surface area contributed by atoms with Crippen molar-refractivity contribution in [1.29, 1.82) is 0 Å². The molecule has 0 aliphatic rings. The Morgan fingerprint density at radius 1 is 0.897 bits per heavy atom. The van der Waals surface area contributed by atoms with Crippen molar-refractivity contribution < 1.29 is 17.6 Å². The zero-order chi connectivity index (χ0) is 20.4. The lowest BCUT2D eigenvalue weighted by Gasteiger charge is -2.12. The van der Waals surface area contributed by atoms with Crippen LogP contribution in [-0.2, 0) is 12.9 Å². The van der Waals surface area contributed by atoms with Gasteiger partial charge in [-0.3, -0.25) is 15.0 Å². The van der Waals surface area contributed by atoms with Crippen molar-refractivity contribution in [3.05, 3.63) is 72.3 Å². The van der Waals surface area contributed by atoms with Crippen LogP contribution >= 0.6 is 0 Å². The number of pyridine rings is 4. The number of fused-ring (bicyclic) bond motifs is 1. The molecule has 146 valence electrons. The predicted octanol–water partition coefficient (Wildman–Crippen LogP) is 5.32. The summed E-state index contributed by atoms with van der Waals surface area (Å²) in [6, 6.07) is 8.61. The van der Waals surface area contributed by atoms with Crippen LogP contribution in [0.4, 0.5) is 29.1 Å². The highest BCUT2D eigenvalue weighted by Gasteiger charge is 2.34. The molecule has 4 aromatic heterocycles. The summed E-state index contributed by atoms with van der Waals surface area (Å²) in [6.45, 7) is -0.608. The highest BCUT2D eigenvalue weighted by atomic mass is 19.4. The van der Waals surface area contributed by atoms with E-state index < -0.39 is 18.4 Å². The molecule has 0 fully saturated rings. The molecule has 0 aliphatic carbocycles. The summed E-state index contributed by atoms with van der Waals surface area (Å²) in [5.41, 5.74) is 1.03. The van der Waals surface area contributed by atoms with Gasteiger partial charge in [-0.2, -0.15) is 13.2 Å². The molecule has 9 heteroatoms. The third-order valence-electron chi connectivity index (χ3n) is 4.21. The van der Waals surface area contributed by atoms with Gasteiger partial charge in [0.15, 0.2) is 0 Å². The fourth-order valence-electron chi connectivity index (χ4n) is 2.84. The summed E-state index contributed by atoms with van der Waals surface area (Å²) >= 11 is 0. The molecule has 0 unspecified atom stereocenters. The maximum Gasteiger partial charge on any atom is 0.418 e. The molecule has 0 radical (unpaired) electrons. The van der Waals surface area contributed by atoms with Gasteiger partial charge in [0, 0.05) is 35.9 Å². The molecule has 29 heavy (non-hydrogen) atoms. The first-order valence-electron chi connectivity index (χ1n) is 8.51. The number of nitrogens with one attached hydrogen (secondary N) is 1. The molecule has 4 heterocycles. The molecule has 0 bridgehead atoms. The average molecular weight is 399 g/mol. The second-order valence-corrected chi connectivity index (χ2v) is 6.16. The number of hydrogen-bond donors (Lipinski definition) is 1. The van der Waals surface area contributed by atoms with E-state index in [1.165, 1.54) is 36.9 Å².